The van der Waals surface area contributed by atoms with Crippen LogP contribution >= 0.6 is 0 Å². The van der Waals surface area contributed by atoms with Crippen LogP contribution in [-0.2, 0) is 11.2 Å². The van der Waals surface area contributed by atoms with Crippen LogP contribution in [0, 0.1) is 5.82 Å². The van der Waals surface area contributed by atoms with Gasteiger partial charge in [-0.05, 0) is 35.9 Å². The van der Waals surface area contributed by atoms with Gasteiger partial charge >= 0.3 is 6.09 Å². The van der Waals surface area contributed by atoms with Crippen LogP contribution in [0.4, 0.5) is 15.1 Å². The molecule has 0 aliphatic rings. The molecule has 3 aromatic heterocycles. The Morgan fingerprint density at radius 1 is 1.09 bits per heavy atom. The van der Waals surface area contributed by atoms with Gasteiger partial charge in [-0.1, -0.05) is 24.3 Å². The fraction of sp³-hybridized carbons (Fsp3) is 0.0870. The Morgan fingerprint density at radius 3 is 2.73 bits per heavy atom. The number of fused-ring (bicyclic) bond motifs is 2. The van der Waals surface area contributed by atoms with Crippen LogP contribution in [0.5, 0.6) is 0 Å². The Morgan fingerprint density at radius 2 is 1.91 bits per heavy atom. The third-order valence-corrected chi connectivity index (χ3v) is 5.21. The molecule has 5 rings (SSSR count). The molecule has 5 aromatic rings. The predicted octanol–water partition coefficient (Wildman–Crippen LogP) is 3.77. The van der Waals surface area contributed by atoms with Crippen LogP contribution in [-0.4, -0.2) is 38.4 Å². The number of ether oxygens (including phenoxy) is 1. The number of nitrogens with one attached hydrogen (secondary N) is 3. The van der Waals surface area contributed by atoms with Crippen LogP contribution in [0.15, 0.2) is 59.4 Å². The summed E-state index contributed by atoms with van der Waals surface area (Å²) in [5.74, 6) is -0.264. The summed E-state index contributed by atoms with van der Waals surface area (Å²) in [4.78, 5) is 35.0. The summed E-state index contributed by atoms with van der Waals surface area (Å²) in [5, 5.41) is 10.4. The van der Waals surface area contributed by atoms with E-state index in [1.54, 1.807) is 36.4 Å². The fourth-order valence-corrected chi connectivity index (χ4v) is 3.63. The van der Waals surface area contributed by atoms with Gasteiger partial charge in [-0.25, -0.2) is 19.3 Å². The van der Waals surface area contributed by atoms with Crippen molar-refractivity contribution in [3.63, 3.8) is 0 Å². The molecule has 1 amide bonds. The van der Waals surface area contributed by atoms with E-state index in [0.29, 0.717) is 39.9 Å². The lowest BCUT2D eigenvalue weighted by molar-refractivity contribution is 0.186. The third-order valence-electron chi connectivity index (χ3n) is 5.21. The Labute approximate surface area is 185 Å². The van der Waals surface area contributed by atoms with Crippen LogP contribution < -0.4 is 10.9 Å². The molecule has 3 heterocycles. The molecule has 0 saturated heterocycles. The number of nitrogens with zero attached hydrogens (tertiary/aromatic N) is 3. The number of pyridine rings is 1. The molecule has 0 radical (unpaired) electrons. The second-order valence-electron chi connectivity index (χ2n) is 7.31. The maximum absolute atomic E-state index is 14.7. The van der Waals surface area contributed by atoms with E-state index in [2.05, 4.69) is 35.2 Å². The zero-order chi connectivity index (χ0) is 22.9. The highest BCUT2D eigenvalue weighted by Crippen LogP contribution is 2.26. The van der Waals surface area contributed by atoms with Crippen molar-refractivity contribution in [2.75, 3.05) is 12.4 Å². The van der Waals surface area contributed by atoms with Crippen molar-refractivity contribution in [1.82, 2.24) is 25.1 Å². The number of amides is 1. The molecule has 164 valence electrons. The van der Waals surface area contributed by atoms with Crippen molar-refractivity contribution >= 4 is 34.0 Å². The summed E-state index contributed by atoms with van der Waals surface area (Å²) >= 11 is 0. The van der Waals surface area contributed by atoms with E-state index in [0.717, 1.165) is 10.9 Å². The summed E-state index contributed by atoms with van der Waals surface area (Å²) in [5.41, 5.74) is 2.80. The smallest absolute Gasteiger partial charge is 0.413 e. The average Bonchev–Trinajstić information content (AvgIpc) is 3.23. The van der Waals surface area contributed by atoms with E-state index in [1.807, 2.05) is 12.1 Å². The standard InChI is InChI=1S/C23H17FN6O3/c1-33-23(32)28-22-26-18-9-8-17(25-20(18)27-22)15-10-12(6-7-16(15)24)11-19-13-4-2-3-5-14(13)21(31)30-29-19/h2-10H,11H2,1H3,(H,30,31)(H2,25,26,27,28,32). The second kappa shape index (κ2) is 8.15. The molecule has 0 aliphatic carbocycles. The molecule has 0 bridgehead atoms. The molecule has 0 atom stereocenters. The summed E-state index contributed by atoms with van der Waals surface area (Å²) in [7, 11) is 1.25. The van der Waals surface area contributed by atoms with E-state index in [4.69, 9.17) is 0 Å². The molecule has 0 fully saturated rings. The topological polar surface area (TPSA) is 126 Å². The van der Waals surface area contributed by atoms with E-state index in [-0.39, 0.29) is 11.5 Å². The molecule has 0 unspecified atom stereocenters. The van der Waals surface area contributed by atoms with E-state index in [9.17, 15) is 14.0 Å². The first kappa shape index (κ1) is 20.3. The van der Waals surface area contributed by atoms with Gasteiger partial charge in [0.05, 0.1) is 29.4 Å². The normalized spacial score (nSPS) is 11.1. The van der Waals surface area contributed by atoms with Crippen LogP contribution in [0.25, 0.3) is 33.2 Å². The highest BCUT2D eigenvalue weighted by molar-refractivity contribution is 5.86. The van der Waals surface area contributed by atoms with E-state index >= 15 is 0 Å². The monoisotopic (exact) mass is 444 g/mol. The number of H-pyrrole nitrogens is 2. The number of rotatable bonds is 4. The number of benzene rings is 2. The van der Waals surface area contributed by atoms with Crippen LogP contribution in [0.3, 0.4) is 0 Å². The summed E-state index contributed by atoms with van der Waals surface area (Å²) < 4.78 is 19.3. The Balaban J connectivity index is 1.50. The van der Waals surface area contributed by atoms with Crippen molar-refractivity contribution < 1.29 is 13.9 Å². The summed E-state index contributed by atoms with van der Waals surface area (Å²) in [6.07, 6.45) is -0.279. The molecule has 33 heavy (non-hydrogen) atoms. The van der Waals surface area contributed by atoms with Gasteiger partial charge in [-0.3, -0.25) is 10.1 Å². The second-order valence-corrected chi connectivity index (χ2v) is 7.31. The molecule has 0 saturated carbocycles. The number of methoxy groups -OCH3 is 1. The largest absolute Gasteiger partial charge is 0.453 e. The molecule has 3 N–H and O–H groups in total. The van der Waals surface area contributed by atoms with E-state index < -0.39 is 11.9 Å². The SMILES string of the molecule is COC(=O)Nc1nc2nc(-c3cc(Cc4n[nH]c(=O)c5ccccc45)ccc3F)ccc2[nH]1. The van der Waals surface area contributed by atoms with Gasteiger partial charge in [0.1, 0.15) is 5.82 Å². The minimum Gasteiger partial charge on any atom is -0.453 e. The van der Waals surface area contributed by atoms with Gasteiger partial charge in [0.15, 0.2) is 5.65 Å². The molecular weight excluding hydrogens is 427 g/mol. The first-order valence-electron chi connectivity index (χ1n) is 9.98. The average molecular weight is 444 g/mol. The molecule has 9 nitrogen and oxygen atoms in total. The lowest BCUT2D eigenvalue weighted by Gasteiger charge is -2.08. The lowest BCUT2D eigenvalue weighted by atomic mass is 10.0. The number of carbonyl (C=O) groups is 1. The van der Waals surface area contributed by atoms with Gasteiger partial charge in [0.2, 0.25) is 5.95 Å². The molecule has 10 heteroatoms. The highest BCUT2D eigenvalue weighted by Gasteiger charge is 2.14. The molecular formula is C23H17FN6O3. The number of imidazole rings is 1. The van der Waals surface area contributed by atoms with Gasteiger partial charge in [-0.15, -0.1) is 0 Å². The van der Waals surface area contributed by atoms with Gasteiger partial charge in [0, 0.05) is 17.4 Å². The van der Waals surface area contributed by atoms with Gasteiger partial charge in [-0.2, -0.15) is 10.1 Å². The number of anilines is 1. The number of hydrogen-bond donors (Lipinski definition) is 3. The van der Waals surface area contributed by atoms with Crippen molar-refractivity contribution in [2.24, 2.45) is 0 Å². The van der Waals surface area contributed by atoms with Gasteiger partial charge < -0.3 is 9.72 Å². The highest BCUT2D eigenvalue weighted by atomic mass is 19.1. The van der Waals surface area contributed by atoms with Crippen molar-refractivity contribution in [3.05, 3.63) is 82.0 Å². The Bertz CT molecular complexity index is 1580. The summed E-state index contributed by atoms with van der Waals surface area (Å²) in [6, 6.07) is 15.3. The molecule has 0 aliphatic heterocycles. The van der Waals surface area contributed by atoms with Crippen LogP contribution in [0.1, 0.15) is 11.3 Å². The zero-order valence-electron chi connectivity index (χ0n) is 17.3. The van der Waals surface area contributed by atoms with Gasteiger partial charge in [0.25, 0.3) is 5.56 Å². The molecule has 0 spiro atoms. The lowest BCUT2D eigenvalue weighted by Crippen LogP contribution is -2.11. The third kappa shape index (κ3) is 3.89. The Hall–Kier alpha value is -4.60. The fourth-order valence-electron chi connectivity index (χ4n) is 3.63. The zero-order valence-corrected chi connectivity index (χ0v) is 17.3. The minimum atomic E-state index is -0.670. The first-order valence-corrected chi connectivity index (χ1v) is 9.98. The number of aromatic amines is 2. The quantitative estimate of drug-likeness (QED) is 0.387. The van der Waals surface area contributed by atoms with E-state index in [1.165, 1.54) is 13.2 Å². The maximum atomic E-state index is 14.7. The van der Waals surface area contributed by atoms with Crippen molar-refractivity contribution in [1.29, 1.82) is 0 Å². The number of aromatic nitrogens is 5. The number of hydrogen-bond acceptors (Lipinski definition) is 6. The van der Waals surface area contributed by atoms with Crippen molar-refractivity contribution in [3.8, 4) is 11.3 Å². The van der Waals surface area contributed by atoms with Crippen molar-refractivity contribution in [2.45, 2.75) is 6.42 Å². The van der Waals surface area contributed by atoms with Crippen LogP contribution in [0.2, 0.25) is 0 Å². The minimum absolute atomic E-state index is 0.173. The Kier molecular flexibility index (Phi) is 5.02. The summed E-state index contributed by atoms with van der Waals surface area (Å²) in [6.45, 7) is 0. The number of carbonyl (C=O) groups excluding carboxylic acids is 1. The molecule has 2 aromatic carbocycles. The first-order chi connectivity index (χ1) is 16.0. The predicted molar refractivity (Wildman–Crippen MR) is 120 cm³/mol. The number of halogens is 1. The maximum Gasteiger partial charge on any atom is 0.413 e.